The summed E-state index contributed by atoms with van der Waals surface area (Å²) >= 11 is 1.48. The summed E-state index contributed by atoms with van der Waals surface area (Å²) in [6.45, 7) is 0. The lowest BCUT2D eigenvalue weighted by atomic mass is 10.1. The van der Waals surface area contributed by atoms with Gasteiger partial charge in [-0.25, -0.2) is 4.98 Å². The van der Waals surface area contributed by atoms with Crippen molar-refractivity contribution in [2.45, 2.75) is 0 Å². The van der Waals surface area contributed by atoms with Crippen LogP contribution in [0.4, 0.5) is 5.82 Å². The Morgan fingerprint density at radius 1 is 1.03 bits per heavy atom. The van der Waals surface area contributed by atoms with Gasteiger partial charge in [-0.05, 0) is 29.8 Å². The van der Waals surface area contributed by atoms with E-state index in [4.69, 9.17) is 14.5 Å². The molecule has 0 aliphatic heterocycles. The highest BCUT2D eigenvalue weighted by Crippen LogP contribution is 2.34. The highest BCUT2D eigenvalue weighted by atomic mass is 32.1. The molecule has 0 saturated carbocycles. The normalized spacial score (nSPS) is 11.0. The number of hydrogen-bond acceptors (Lipinski definition) is 6. The molecule has 2 heterocycles. The van der Waals surface area contributed by atoms with E-state index in [1.165, 1.54) is 17.4 Å². The monoisotopic (exact) mass is 446 g/mol. The van der Waals surface area contributed by atoms with Crippen LogP contribution in [0.5, 0.6) is 11.5 Å². The van der Waals surface area contributed by atoms with Gasteiger partial charge < -0.3 is 14.8 Å². The number of nitrogens with zero attached hydrogens (tertiary/aromatic N) is 3. The smallest absolute Gasteiger partial charge is 0.249 e. The zero-order chi connectivity index (χ0) is 22.5. The van der Waals surface area contributed by atoms with Crippen LogP contribution in [0, 0.1) is 0 Å². The number of rotatable bonds is 7. The summed E-state index contributed by atoms with van der Waals surface area (Å²) in [4.78, 5) is 17.0. The molecule has 4 aromatic rings. The van der Waals surface area contributed by atoms with Crippen molar-refractivity contribution in [2.24, 2.45) is 7.05 Å². The van der Waals surface area contributed by atoms with E-state index in [2.05, 4.69) is 10.4 Å². The van der Waals surface area contributed by atoms with Gasteiger partial charge in [-0.15, -0.1) is 11.3 Å². The number of aryl methyl sites for hydroxylation is 1. The average Bonchev–Trinajstić information content (AvgIpc) is 3.45. The molecule has 7 nitrogen and oxygen atoms in total. The van der Waals surface area contributed by atoms with E-state index in [1.54, 1.807) is 32.0 Å². The molecule has 0 saturated heterocycles. The lowest BCUT2D eigenvalue weighted by molar-refractivity contribution is -0.111. The maximum absolute atomic E-state index is 12.3. The number of thiazole rings is 1. The number of carbonyl (C=O) groups excluding carboxylic acids is 1. The zero-order valence-corrected chi connectivity index (χ0v) is 18.7. The van der Waals surface area contributed by atoms with Crippen molar-refractivity contribution in [1.82, 2.24) is 14.8 Å². The van der Waals surface area contributed by atoms with Crippen LogP contribution in [0.15, 0.2) is 66.1 Å². The predicted octanol–water partition coefficient (Wildman–Crippen LogP) is 4.88. The van der Waals surface area contributed by atoms with Gasteiger partial charge in [0.15, 0.2) is 11.5 Å². The van der Waals surface area contributed by atoms with Gasteiger partial charge in [0.2, 0.25) is 5.91 Å². The fourth-order valence-corrected chi connectivity index (χ4v) is 3.90. The molecular weight excluding hydrogens is 424 g/mol. The topological polar surface area (TPSA) is 78.3 Å². The highest BCUT2D eigenvalue weighted by molar-refractivity contribution is 7.13. The van der Waals surface area contributed by atoms with Crippen molar-refractivity contribution >= 4 is 29.1 Å². The lowest BCUT2D eigenvalue weighted by Crippen LogP contribution is -2.11. The van der Waals surface area contributed by atoms with E-state index < -0.39 is 0 Å². The molecular formula is C24H22N4O3S. The largest absolute Gasteiger partial charge is 0.493 e. The van der Waals surface area contributed by atoms with Crippen LogP contribution in [0.2, 0.25) is 0 Å². The molecule has 0 aliphatic carbocycles. The Morgan fingerprint density at radius 2 is 1.81 bits per heavy atom. The number of ether oxygens (including phenoxy) is 2. The Labute approximate surface area is 190 Å². The summed E-state index contributed by atoms with van der Waals surface area (Å²) in [7, 11) is 4.99. The molecule has 0 bridgehead atoms. The SMILES string of the molecule is COc1ccc(-c2csc(-c3cc(NC(=O)/C=C/c4ccccc4)n(C)n3)n2)cc1OC. The summed E-state index contributed by atoms with van der Waals surface area (Å²) in [6.07, 6.45) is 3.27. The second-order valence-electron chi connectivity index (χ2n) is 6.88. The van der Waals surface area contributed by atoms with Crippen LogP contribution in [0.1, 0.15) is 5.56 Å². The molecule has 8 heteroatoms. The first-order valence-electron chi connectivity index (χ1n) is 9.84. The van der Waals surface area contributed by atoms with Gasteiger partial charge in [-0.1, -0.05) is 30.3 Å². The minimum Gasteiger partial charge on any atom is -0.493 e. The standard InChI is InChI=1S/C24H22N4O3S/c1-28-22(26-23(29)12-9-16-7-5-4-6-8-16)14-18(27-28)24-25-19(15-32-24)17-10-11-20(30-2)21(13-17)31-3/h4-15H,1-3H3,(H,26,29)/b12-9+. The molecule has 162 valence electrons. The molecule has 0 radical (unpaired) electrons. The van der Waals surface area contributed by atoms with E-state index in [0.717, 1.165) is 21.8 Å². The molecule has 0 spiro atoms. The van der Waals surface area contributed by atoms with E-state index >= 15 is 0 Å². The van der Waals surface area contributed by atoms with Gasteiger partial charge in [-0.2, -0.15) is 5.10 Å². The fraction of sp³-hybridized carbons (Fsp3) is 0.125. The van der Waals surface area contributed by atoms with Gasteiger partial charge in [0, 0.05) is 30.1 Å². The third-order valence-corrected chi connectivity index (χ3v) is 5.63. The van der Waals surface area contributed by atoms with Crippen LogP contribution < -0.4 is 14.8 Å². The first-order valence-corrected chi connectivity index (χ1v) is 10.7. The Morgan fingerprint density at radius 3 is 2.56 bits per heavy atom. The number of aromatic nitrogens is 3. The summed E-state index contributed by atoms with van der Waals surface area (Å²) in [5, 5.41) is 10.1. The van der Waals surface area contributed by atoms with Crippen LogP contribution in [0.25, 0.3) is 28.0 Å². The van der Waals surface area contributed by atoms with Crippen molar-refractivity contribution in [3.8, 4) is 33.5 Å². The van der Waals surface area contributed by atoms with Crippen molar-refractivity contribution in [3.63, 3.8) is 0 Å². The Kier molecular flexibility index (Phi) is 6.32. The van der Waals surface area contributed by atoms with Crippen molar-refractivity contribution < 1.29 is 14.3 Å². The van der Waals surface area contributed by atoms with E-state index in [-0.39, 0.29) is 5.91 Å². The zero-order valence-electron chi connectivity index (χ0n) is 17.9. The molecule has 1 N–H and O–H groups in total. The third kappa shape index (κ3) is 4.70. The number of benzene rings is 2. The van der Waals surface area contributed by atoms with Gasteiger partial charge >= 0.3 is 0 Å². The van der Waals surface area contributed by atoms with Crippen molar-refractivity contribution in [3.05, 3.63) is 71.6 Å². The van der Waals surface area contributed by atoms with E-state index in [0.29, 0.717) is 23.0 Å². The predicted molar refractivity (Wildman–Crippen MR) is 127 cm³/mol. The fourth-order valence-electron chi connectivity index (χ4n) is 3.11. The molecule has 2 aromatic heterocycles. The molecule has 2 aromatic carbocycles. The van der Waals surface area contributed by atoms with Gasteiger partial charge in [-0.3, -0.25) is 9.48 Å². The maximum Gasteiger partial charge on any atom is 0.249 e. The van der Waals surface area contributed by atoms with Crippen LogP contribution in [-0.4, -0.2) is 34.9 Å². The number of anilines is 1. The van der Waals surface area contributed by atoms with Gasteiger partial charge in [0.1, 0.15) is 16.5 Å². The maximum atomic E-state index is 12.3. The molecule has 0 fully saturated rings. The van der Waals surface area contributed by atoms with Crippen LogP contribution >= 0.6 is 11.3 Å². The number of nitrogens with one attached hydrogen (secondary N) is 1. The van der Waals surface area contributed by atoms with Gasteiger partial charge in [0.05, 0.1) is 19.9 Å². The summed E-state index contributed by atoms with van der Waals surface area (Å²) in [5.41, 5.74) is 3.37. The Bertz CT molecular complexity index is 1260. The molecule has 32 heavy (non-hydrogen) atoms. The van der Waals surface area contributed by atoms with Crippen LogP contribution in [-0.2, 0) is 11.8 Å². The first kappa shape index (κ1) is 21.3. The van der Waals surface area contributed by atoms with Crippen LogP contribution in [0.3, 0.4) is 0 Å². The highest BCUT2D eigenvalue weighted by Gasteiger charge is 2.14. The third-order valence-electron chi connectivity index (χ3n) is 4.76. The molecule has 4 rings (SSSR count). The van der Waals surface area contributed by atoms with E-state index in [1.807, 2.05) is 60.0 Å². The van der Waals surface area contributed by atoms with Crippen molar-refractivity contribution in [2.75, 3.05) is 19.5 Å². The quantitative estimate of drug-likeness (QED) is 0.410. The number of carbonyl (C=O) groups is 1. The van der Waals surface area contributed by atoms with Crippen molar-refractivity contribution in [1.29, 1.82) is 0 Å². The minimum absolute atomic E-state index is 0.228. The summed E-state index contributed by atoms with van der Waals surface area (Å²) in [6, 6.07) is 17.1. The molecule has 0 aliphatic rings. The molecule has 0 atom stereocenters. The summed E-state index contributed by atoms with van der Waals surface area (Å²) in [5.74, 6) is 1.67. The van der Waals surface area contributed by atoms with Gasteiger partial charge in [0.25, 0.3) is 0 Å². The number of hydrogen-bond donors (Lipinski definition) is 1. The molecule has 0 unspecified atom stereocenters. The average molecular weight is 447 g/mol. The lowest BCUT2D eigenvalue weighted by Gasteiger charge is -2.08. The minimum atomic E-state index is -0.228. The molecule has 1 amide bonds. The number of methoxy groups -OCH3 is 2. The second-order valence-corrected chi connectivity index (χ2v) is 7.74. The van der Waals surface area contributed by atoms with E-state index in [9.17, 15) is 4.79 Å². The first-order chi connectivity index (χ1) is 15.6. The Hall–Kier alpha value is -3.91. The Balaban J connectivity index is 1.50. The second kappa shape index (κ2) is 9.49. The summed E-state index contributed by atoms with van der Waals surface area (Å²) < 4.78 is 12.3. The number of amides is 1.